The van der Waals surface area contributed by atoms with Gasteiger partial charge < -0.3 is 15.2 Å². The first-order valence-electron chi connectivity index (χ1n) is 8.98. The van der Waals surface area contributed by atoms with Crippen LogP contribution in [0.3, 0.4) is 0 Å². The summed E-state index contributed by atoms with van der Waals surface area (Å²) in [6, 6.07) is 8.85. The molecule has 0 bridgehead atoms. The van der Waals surface area contributed by atoms with Gasteiger partial charge in [-0.25, -0.2) is 4.68 Å². The number of nitrogens with zero attached hydrogens (tertiary/aromatic N) is 3. The van der Waals surface area contributed by atoms with Crippen molar-refractivity contribution in [1.82, 2.24) is 14.8 Å². The number of ether oxygens (including phenoxy) is 1. The van der Waals surface area contributed by atoms with E-state index in [9.17, 15) is 9.90 Å². The molecule has 3 heterocycles. The summed E-state index contributed by atoms with van der Waals surface area (Å²) in [7, 11) is 1.50. The highest BCUT2D eigenvalue weighted by Gasteiger charge is 2.39. The molecule has 142 valence electrons. The van der Waals surface area contributed by atoms with Gasteiger partial charge in [-0.3, -0.25) is 4.79 Å². The van der Waals surface area contributed by atoms with Gasteiger partial charge in [0.05, 0.1) is 7.11 Å². The molecule has 0 spiro atoms. The number of benzene rings is 1. The Bertz CT molecular complexity index is 1090. The Hall–Kier alpha value is -3.13. The molecule has 2 aromatic heterocycles. The van der Waals surface area contributed by atoms with Gasteiger partial charge in [0.2, 0.25) is 5.95 Å². The van der Waals surface area contributed by atoms with E-state index in [0.717, 1.165) is 17.7 Å². The van der Waals surface area contributed by atoms with Crippen LogP contribution in [0, 0.1) is 0 Å². The maximum Gasteiger partial charge on any atom is 0.226 e. The van der Waals surface area contributed by atoms with Gasteiger partial charge in [-0.1, -0.05) is 12.1 Å². The predicted octanol–water partition coefficient (Wildman–Crippen LogP) is 3.47. The first-order chi connectivity index (χ1) is 13.7. The maximum absolute atomic E-state index is 13.2. The van der Waals surface area contributed by atoms with Crippen LogP contribution in [0.1, 0.15) is 35.2 Å². The van der Waals surface area contributed by atoms with Gasteiger partial charge in [0.1, 0.15) is 12.4 Å². The minimum absolute atomic E-state index is 0.0297. The van der Waals surface area contributed by atoms with E-state index in [-0.39, 0.29) is 17.5 Å². The number of phenolic OH excluding ortho intramolecular Hbond substituents is 1. The number of hydrogen-bond acceptors (Lipinski definition) is 7. The summed E-state index contributed by atoms with van der Waals surface area (Å²) in [5, 5.41) is 19.9. The molecule has 2 N–H and O–H groups in total. The number of fused-ring (bicyclic) bond motifs is 1. The molecule has 0 saturated heterocycles. The van der Waals surface area contributed by atoms with Crippen LogP contribution < -0.4 is 10.1 Å². The molecular formula is C20H18N4O3S. The van der Waals surface area contributed by atoms with Crippen molar-refractivity contribution in [1.29, 1.82) is 0 Å². The number of thiophene rings is 1. The summed E-state index contributed by atoms with van der Waals surface area (Å²) in [4.78, 5) is 18.7. The molecule has 7 nitrogen and oxygen atoms in total. The third-order valence-corrected chi connectivity index (χ3v) is 6.36. The Morgan fingerprint density at radius 3 is 2.96 bits per heavy atom. The van der Waals surface area contributed by atoms with Crippen LogP contribution >= 0.6 is 11.3 Å². The second kappa shape index (κ2) is 6.49. The number of aromatic hydroxyl groups is 1. The fraction of sp³-hybridized carbons (Fsp3) is 0.250. The highest BCUT2D eigenvalue weighted by Crippen LogP contribution is 2.45. The Kier molecular flexibility index (Phi) is 3.94. The van der Waals surface area contributed by atoms with Crippen molar-refractivity contribution in [3.63, 3.8) is 0 Å². The number of Topliss-reactive ketones (excluding diaryl/α,β-unsaturated/α-hetero) is 1. The molecule has 2 aliphatic rings. The van der Waals surface area contributed by atoms with Gasteiger partial charge in [-0.2, -0.15) is 10.1 Å². The normalized spacial score (nSPS) is 21.1. The van der Waals surface area contributed by atoms with E-state index in [1.54, 1.807) is 28.2 Å². The molecule has 0 saturated carbocycles. The first kappa shape index (κ1) is 17.0. The topological polar surface area (TPSA) is 89.3 Å². The number of methoxy groups -OCH3 is 1. The fourth-order valence-corrected chi connectivity index (χ4v) is 4.89. The minimum Gasteiger partial charge on any atom is -0.504 e. The second-order valence-electron chi connectivity index (χ2n) is 6.92. The zero-order valence-electron chi connectivity index (χ0n) is 15.1. The number of phenols is 1. The molecule has 2 atom stereocenters. The third-order valence-electron chi connectivity index (χ3n) is 5.33. The number of anilines is 1. The average Bonchev–Trinajstić information content (AvgIpc) is 3.38. The summed E-state index contributed by atoms with van der Waals surface area (Å²) in [5.74, 6) is 1.27. The molecule has 8 heteroatoms. The molecule has 1 aromatic carbocycles. The monoisotopic (exact) mass is 394 g/mol. The smallest absolute Gasteiger partial charge is 0.226 e. The standard InChI is InChI=1S/C20H18N4O3S/c1-27-16-5-4-11(8-14(16)25)19-18-13(23-20-21-10-22-24(19)20)7-12(9-15(18)26)17-3-2-6-28-17/h2-6,8,10,12,19,25H,7,9H2,1H3,(H,21,22,23)/t12-,19+/m1/s1. The minimum atomic E-state index is -0.428. The van der Waals surface area contributed by atoms with Gasteiger partial charge >= 0.3 is 0 Å². The second-order valence-corrected chi connectivity index (χ2v) is 7.90. The summed E-state index contributed by atoms with van der Waals surface area (Å²) < 4.78 is 6.85. The van der Waals surface area contributed by atoms with E-state index in [1.165, 1.54) is 18.3 Å². The number of ketones is 1. The third kappa shape index (κ3) is 2.60. The van der Waals surface area contributed by atoms with E-state index >= 15 is 0 Å². The van der Waals surface area contributed by atoms with Gasteiger partial charge in [-0.05, 0) is 35.6 Å². The number of carbonyl (C=O) groups excluding carboxylic acids is 1. The number of aromatic nitrogens is 3. The van der Waals surface area contributed by atoms with E-state index in [0.29, 0.717) is 23.7 Å². The van der Waals surface area contributed by atoms with Crippen LogP contribution in [0.2, 0.25) is 0 Å². The van der Waals surface area contributed by atoms with Crippen LogP contribution in [0.4, 0.5) is 5.95 Å². The molecule has 0 radical (unpaired) electrons. The van der Waals surface area contributed by atoms with Crippen molar-refractivity contribution < 1.29 is 14.6 Å². The lowest BCUT2D eigenvalue weighted by Gasteiger charge is -2.34. The highest BCUT2D eigenvalue weighted by atomic mass is 32.1. The number of allylic oxidation sites excluding steroid dienone is 2. The lowest BCUT2D eigenvalue weighted by atomic mass is 9.80. The summed E-state index contributed by atoms with van der Waals surface area (Å²) >= 11 is 1.68. The van der Waals surface area contributed by atoms with Gasteiger partial charge in [0.25, 0.3) is 0 Å². The molecule has 1 aliphatic heterocycles. The maximum atomic E-state index is 13.2. The lowest BCUT2D eigenvalue weighted by Crippen LogP contribution is -2.33. The molecule has 0 amide bonds. The van der Waals surface area contributed by atoms with Crippen molar-refractivity contribution in [2.75, 3.05) is 12.4 Å². The number of carbonyl (C=O) groups is 1. The van der Waals surface area contributed by atoms with Crippen LogP contribution in [0.5, 0.6) is 11.5 Å². The van der Waals surface area contributed by atoms with Gasteiger partial charge in [0, 0.05) is 28.5 Å². The zero-order chi connectivity index (χ0) is 19.3. The SMILES string of the molecule is COc1ccc([C@H]2C3=C(C[C@@H](c4cccs4)CC3=O)Nc3ncnn32)cc1O. The van der Waals surface area contributed by atoms with Crippen molar-refractivity contribution in [3.8, 4) is 11.5 Å². The van der Waals surface area contributed by atoms with Crippen LogP contribution in [-0.4, -0.2) is 32.8 Å². The molecule has 28 heavy (non-hydrogen) atoms. The van der Waals surface area contributed by atoms with Crippen molar-refractivity contribution in [2.24, 2.45) is 0 Å². The van der Waals surface area contributed by atoms with Crippen LogP contribution in [0.15, 0.2) is 53.3 Å². The highest BCUT2D eigenvalue weighted by molar-refractivity contribution is 7.10. The first-order valence-corrected chi connectivity index (χ1v) is 9.86. The molecule has 5 rings (SSSR count). The molecule has 3 aromatic rings. The van der Waals surface area contributed by atoms with Crippen molar-refractivity contribution >= 4 is 23.1 Å². The molecule has 0 unspecified atom stereocenters. The molecule has 0 fully saturated rings. The Morgan fingerprint density at radius 2 is 2.21 bits per heavy atom. The average molecular weight is 394 g/mol. The zero-order valence-corrected chi connectivity index (χ0v) is 15.9. The van der Waals surface area contributed by atoms with Crippen LogP contribution in [-0.2, 0) is 4.79 Å². The van der Waals surface area contributed by atoms with E-state index in [4.69, 9.17) is 4.74 Å². The lowest BCUT2D eigenvalue weighted by molar-refractivity contribution is -0.116. The van der Waals surface area contributed by atoms with E-state index in [2.05, 4.69) is 21.5 Å². The molecule has 1 aliphatic carbocycles. The van der Waals surface area contributed by atoms with Crippen molar-refractivity contribution in [3.05, 3.63) is 63.7 Å². The summed E-state index contributed by atoms with van der Waals surface area (Å²) in [5.41, 5.74) is 2.34. The Labute approximate surface area is 165 Å². The molecular weight excluding hydrogens is 376 g/mol. The number of hydrogen-bond donors (Lipinski definition) is 2. The number of nitrogens with one attached hydrogen (secondary N) is 1. The summed E-state index contributed by atoms with van der Waals surface area (Å²) in [6.07, 6.45) is 2.68. The Morgan fingerprint density at radius 1 is 1.32 bits per heavy atom. The Balaban J connectivity index is 1.62. The predicted molar refractivity (Wildman–Crippen MR) is 105 cm³/mol. The fourth-order valence-electron chi connectivity index (χ4n) is 4.06. The van der Waals surface area contributed by atoms with Crippen molar-refractivity contribution in [2.45, 2.75) is 24.8 Å². The quantitative estimate of drug-likeness (QED) is 0.707. The van der Waals surface area contributed by atoms with Gasteiger partial charge in [0.15, 0.2) is 17.3 Å². The van der Waals surface area contributed by atoms with Crippen LogP contribution in [0.25, 0.3) is 0 Å². The number of rotatable bonds is 3. The summed E-state index contributed by atoms with van der Waals surface area (Å²) in [6.45, 7) is 0. The van der Waals surface area contributed by atoms with E-state index in [1.807, 2.05) is 17.5 Å². The largest absolute Gasteiger partial charge is 0.504 e. The van der Waals surface area contributed by atoms with Gasteiger partial charge in [-0.15, -0.1) is 11.3 Å². The van der Waals surface area contributed by atoms with E-state index < -0.39 is 6.04 Å².